The third-order valence-corrected chi connectivity index (χ3v) is 8.93. The Kier molecular flexibility index (Phi) is 13.1. The van der Waals surface area contributed by atoms with E-state index in [0.717, 1.165) is 27.6 Å². The van der Waals surface area contributed by atoms with Crippen molar-refractivity contribution in [3.05, 3.63) is 99.5 Å². The van der Waals surface area contributed by atoms with Gasteiger partial charge >= 0.3 is 12.1 Å². The number of amides is 4. The average molecular weight is 651 g/mol. The van der Waals surface area contributed by atoms with Crippen molar-refractivity contribution in [2.75, 3.05) is 19.5 Å². The fourth-order valence-corrected chi connectivity index (χ4v) is 6.14. The van der Waals surface area contributed by atoms with E-state index in [1.165, 1.54) is 16.2 Å². The Morgan fingerprint density at radius 3 is 2.38 bits per heavy atom. The van der Waals surface area contributed by atoms with Gasteiger partial charge in [-0.3, -0.25) is 4.79 Å². The quantitative estimate of drug-likeness (QED) is 0.173. The van der Waals surface area contributed by atoms with Gasteiger partial charge in [-0.2, -0.15) is 0 Å². The summed E-state index contributed by atoms with van der Waals surface area (Å²) in [4.78, 5) is 46.3. The number of alkyl carbamates (subject to hydrolysis) is 1. The molecule has 0 saturated carbocycles. The summed E-state index contributed by atoms with van der Waals surface area (Å²) in [6.07, 6.45) is 3.13. The number of nitrogens with zero attached hydrogens (tertiary/aromatic N) is 2. The first-order valence-electron chi connectivity index (χ1n) is 15.0. The van der Waals surface area contributed by atoms with Crippen molar-refractivity contribution < 1.29 is 19.1 Å². The first-order valence-corrected chi connectivity index (χ1v) is 17.0. The number of thiazole rings is 1. The van der Waals surface area contributed by atoms with Crippen LogP contribution in [0.3, 0.4) is 0 Å². The van der Waals surface area contributed by atoms with Crippen LogP contribution < -0.4 is 21.3 Å². The van der Waals surface area contributed by atoms with Gasteiger partial charge in [-0.05, 0) is 36.3 Å². The molecular formula is C33H42N6O4S2. The van der Waals surface area contributed by atoms with Gasteiger partial charge in [0.25, 0.3) is 0 Å². The van der Waals surface area contributed by atoms with Gasteiger partial charge in [0.2, 0.25) is 5.91 Å². The molecule has 0 bridgehead atoms. The summed E-state index contributed by atoms with van der Waals surface area (Å²) in [5, 5.41) is 14.1. The van der Waals surface area contributed by atoms with Gasteiger partial charge in [-0.25, -0.2) is 14.6 Å². The molecule has 3 unspecified atom stereocenters. The molecule has 0 spiro atoms. The molecule has 4 N–H and O–H groups in total. The summed E-state index contributed by atoms with van der Waals surface area (Å²) in [7, 11) is 1.68. The van der Waals surface area contributed by atoms with E-state index < -0.39 is 12.1 Å². The third-order valence-electron chi connectivity index (χ3n) is 7.38. The number of aromatic nitrogens is 1. The van der Waals surface area contributed by atoms with Crippen molar-refractivity contribution in [3.63, 3.8) is 0 Å². The molecule has 3 atom stereocenters. The molecule has 1 aromatic heterocycles. The second-order valence-electron chi connectivity index (χ2n) is 11.3. The van der Waals surface area contributed by atoms with Crippen LogP contribution in [0, 0.1) is 5.92 Å². The molecule has 1 aliphatic rings. The number of nitrogens with one attached hydrogen (secondary N) is 4. The van der Waals surface area contributed by atoms with Crippen LogP contribution in [-0.4, -0.2) is 59.5 Å². The molecule has 0 fully saturated rings. The largest absolute Gasteiger partial charge is 0.444 e. The lowest BCUT2D eigenvalue weighted by atomic mass is 9.95. The van der Waals surface area contributed by atoms with Crippen LogP contribution in [0.25, 0.3) is 0 Å². The predicted octanol–water partition coefficient (Wildman–Crippen LogP) is 5.42. The minimum Gasteiger partial charge on any atom is -0.444 e. The van der Waals surface area contributed by atoms with Crippen LogP contribution in [0.2, 0.25) is 0 Å². The lowest BCUT2D eigenvalue weighted by Gasteiger charge is -2.28. The molecule has 10 nitrogen and oxygen atoms in total. The monoisotopic (exact) mass is 650 g/mol. The fraction of sp³-hybridized carbons (Fsp3) is 0.394. The van der Waals surface area contributed by atoms with Gasteiger partial charge in [0, 0.05) is 29.6 Å². The minimum absolute atomic E-state index is 0.149. The smallest absolute Gasteiger partial charge is 0.407 e. The highest BCUT2D eigenvalue weighted by Gasteiger charge is 2.28. The standard InChI is InChI=1S/C33H42N6O4S2/c1-23(2)30(38-32(41)39(3)18-27-20-44-22-35-27)31(40)37-29(25-12-8-5-9-13-25)15-14-26(16-24-10-6-4-7-11-24)36-33(42)43-19-28-17-34-21-45-28/h4-13,17,20,22-23,26,29-30,34H,14-16,18-19,21H2,1-3H3,(H,36,42)(H,37,40)(H,38,41). The Hall–Kier alpha value is -4.03. The summed E-state index contributed by atoms with van der Waals surface area (Å²) < 4.78 is 5.50. The Balaban J connectivity index is 1.43. The minimum atomic E-state index is -0.743. The maximum absolute atomic E-state index is 13.7. The summed E-state index contributed by atoms with van der Waals surface area (Å²) in [5.74, 6) is 0.356. The average Bonchev–Trinajstić information content (AvgIpc) is 3.76. The number of thioether (sulfide) groups is 1. The molecule has 240 valence electrons. The molecule has 1 aliphatic heterocycles. The molecule has 0 aliphatic carbocycles. The second kappa shape index (κ2) is 17.5. The molecule has 2 heterocycles. The Bertz CT molecular complexity index is 1390. The van der Waals surface area contributed by atoms with Crippen molar-refractivity contribution in [3.8, 4) is 0 Å². The van der Waals surface area contributed by atoms with Crippen LogP contribution in [0.15, 0.2) is 82.7 Å². The normalized spacial score (nSPS) is 14.4. The van der Waals surface area contributed by atoms with Gasteiger partial charge in [0.15, 0.2) is 0 Å². The van der Waals surface area contributed by atoms with Gasteiger partial charge < -0.3 is 30.9 Å². The molecule has 3 aromatic rings. The first-order chi connectivity index (χ1) is 21.8. The van der Waals surface area contributed by atoms with Crippen molar-refractivity contribution in [2.45, 2.75) is 57.8 Å². The van der Waals surface area contributed by atoms with Crippen molar-refractivity contribution in [1.29, 1.82) is 0 Å². The maximum atomic E-state index is 13.7. The highest BCUT2D eigenvalue weighted by atomic mass is 32.2. The molecular weight excluding hydrogens is 609 g/mol. The summed E-state index contributed by atoms with van der Waals surface area (Å²) in [5.41, 5.74) is 4.55. The van der Waals surface area contributed by atoms with E-state index in [4.69, 9.17) is 4.74 Å². The molecule has 45 heavy (non-hydrogen) atoms. The number of hydrogen-bond acceptors (Lipinski definition) is 8. The molecule has 0 saturated heterocycles. The van der Waals surface area contributed by atoms with Gasteiger partial charge in [-0.1, -0.05) is 74.5 Å². The Labute approximate surface area is 273 Å². The lowest BCUT2D eigenvalue weighted by molar-refractivity contribution is -0.124. The third kappa shape index (κ3) is 11.1. The summed E-state index contributed by atoms with van der Waals surface area (Å²) in [6.45, 7) is 4.37. The van der Waals surface area contributed by atoms with Crippen LogP contribution >= 0.6 is 23.1 Å². The summed E-state index contributed by atoms with van der Waals surface area (Å²) in [6, 6.07) is 18.1. The van der Waals surface area contributed by atoms with Crippen molar-refractivity contribution >= 4 is 41.1 Å². The van der Waals surface area contributed by atoms with E-state index in [0.29, 0.717) is 25.8 Å². The zero-order valence-corrected chi connectivity index (χ0v) is 27.5. The van der Waals surface area contributed by atoms with E-state index >= 15 is 0 Å². The second-order valence-corrected chi connectivity index (χ2v) is 13.1. The topological polar surface area (TPSA) is 125 Å². The molecule has 2 aromatic carbocycles. The number of carbonyl (C=O) groups is 3. The fourth-order valence-electron chi connectivity index (χ4n) is 4.93. The number of carbonyl (C=O) groups excluding carboxylic acids is 3. The van der Waals surface area contributed by atoms with E-state index in [2.05, 4.69) is 26.3 Å². The number of benzene rings is 2. The van der Waals surface area contributed by atoms with Gasteiger partial charge in [-0.15, -0.1) is 23.1 Å². The molecule has 4 amide bonds. The van der Waals surface area contributed by atoms with Gasteiger partial charge in [0.1, 0.15) is 12.6 Å². The maximum Gasteiger partial charge on any atom is 0.407 e. The zero-order valence-electron chi connectivity index (χ0n) is 25.9. The molecule has 0 radical (unpaired) electrons. The molecule has 12 heteroatoms. The Morgan fingerprint density at radius 2 is 1.73 bits per heavy atom. The highest BCUT2D eigenvalue weighted by molar-refractivity contribution is 8.03. The van der Waals surface area contributed by atoms with E-state index in [1.54, 1.807) is 24.3 Å². The predicted molar refractivity (Wildman–Crippen MR) is 179 cm³/mol. The van der Waals surface area contributed by atoms with Crippen molar-refractivity contribution in [1.82, 2.24) is 31.2 Å². The van der Waals surface area contributed by atoms with Crippen LogP contribution in [-0.2, 0) is 22.5 Å². The van der Waals surface area contributed by atoms with E-state index in [1.807, 2.05) is 86.1 Å². The zero-order chi connectivity index (χ0) is 32.0. The first kappa shape index (κ1) is 33.9. The van der Waals surface area contributed by atoms with Crippen molar-refractivity contribution in [2.24, 2.45) is 5.92 Å². The van der Waals surface area contributed by atoms with E-state index in [-0.39, 0.29) is 36.5 Å². The number of hydrogen-bond donors (Lipinski definition) is 4. The van der Waals surface area contributed by atoms with Crippen LogP contribution in [0.1, 0.15) is 49.6 Å². The highest BCUT2D eigenvalue weighted by Crippen LogP contribution is 2.22. The molecule has 4 rings (SSSR count). The Morgan fingerprint density at radius 1 is 1.00 bits per heavy atom. The lowest BCUT2D eigenvalue weighted by Crippen LogP contribution is -2.53. The number of rotatable bonds is 15. The number of ether oxygens (including phenoxy) is 1. The van der Waals surface area contributed by atoms with E-state index in [9.17, 15) is 14.4 Å². The van der Waals surface area contributed by atoms with Crippen LogP contribution in [0.4, 0.5) is 9.59 Å². The van der Waals surface area contributed by atoms with Gasteiger partial charge in [0.05, 0.1) is 29.7 Å². The summed E-state index contributed by atoms with van der Waals surface area (Å²) >= 11 is 3.08. The number of urea groups is 1. The van der Waals surface area contributed by atoms with Crippen LogP contribution in [0.5, 0.6) is 0 Å². The SMILES string of the molecule is CC(C)C(NC(=O)N(C)Cc1cscn1)C(=O)NC(CCC(Cc1ccccc1)NC(=O)OCC1=CNCS1)c1ccccc1.